The highest BCUT2D eigenvalue weighted by molar-refractivity contribution is 5.88. The summed E-state index contributed by atoms with van der Waals surface area (Å²) >= 11 is 0. The quantitative estimate of drug-likeness (QED) is 0.545. The molecule has 0 aliphatic rings. The molecule has 7 heteroatoms. The highest BCUT2D eigenvalue weighted by Crippen LogP contribution is 2.37. The molecule has 1 atom stereocenters. The molecule has 1 aromatic carbocycles. The summed E-state index contributed by atoms with van der Waals surface area (Å²) in [6.45, 7) is 6.95. The second kappa shape index (κ2) is 8.65. The van der Waals surface area contributed by atoms with Crippen LogP contribution in [0.3, 0.4) is 0 Å². The number of hydrogen-bond donors (Lipinski definition) is 1. The van der Waals surface area contributed by atoms with Gasteiger partial charge in [-0.1, -0.05) is 13.8 Å². The lowest BCUT2D eigenvalue weighted by Crippen LogP contribution is -2.41. The largest absolute Gasteiger partial charge is 0.496 e. The van der Waals surface area contributed by atoms with Crippen LogP contribution in [0.2, 0.25) is 0 Å². The molecule has 0 spiro atoms. The third kappa shape index (κ3) is 5.04. The number of carbonyl (C=O) groups is 1. The second-order valence-electron chi connectivity index (χ2n) is 7.69. The Balaban J connectivity index is 2.55. The van der Waals surface area contributed by atoms with Crippen molar-refractivity contribution < 1.29 is 28.5 Å². The van der Waals surface area contributed by atoms with Gasteiger partial charge in [0.25, 0.3) is 0 Å². The summed E-state index contributed by atoms with van der Waals surface area (Å²) in [4.78, 5) is 24.0. The van der Waals surface area contributed by atoms with E-state index in [1.165, 1.54) is 20.3 Å². The van der Waals surface area contributed by atoms with Crippen LogP contribution >= 0.6 is 0 Å². The first-order chi connectivity index (χ1) is 13.1. The summed E-state index contributed by atoms with van der Waals surface area (Å²) in [5.74, 6) is 0.619. The summed E-state index contributed by atoms with van der Waals surface area (Å²) in [6, 6.07) is 4.58. The molecule has 1 unspecified atom stereocenters. The van der Waals surface area contributed by atoms with E-state index < -0.39 is 23.3 Å². The molecule has 2 aromatic rings. The molecule has 0 bridgehead atoms. The third-order valence-electron chi connectivity index (χ3n) is 4.40. The first kappa shape index (κ1) is 21.8. The van der Waals surface area contributed by atoms with E-state index in [1.54, 1.807) is 26.0 Å². The molecule has 0 radical (unpaired) electrons. The van der Waals surface area contributed by atoms with E-state index in [0.29, 0.717) is 22.4 Å². The molecule has 0 aliphatic heterocycles. The zero-order valence-electron chi connectivity index (χ0n) is 17.2. The number of aliphatic hydroxyl groups is 1. The van der Waals surface area contributed by atoms with Crippen LogP contribution in [0.1, 0.15) is 39.7 Å². The van der Waals surface area contributed by atoms with Crippen LogP contribution < -0.4 is 15.1 Å². The Morgan fingerprint density at radius 1 is 1.18 bits per heavy atom. The maximum atomic E-state index is 12.2. The first-order valence-electron chi connectivity index (χ1n) is 9.16. The fourth-order valence-electron chi connectivity index (χ4n) is 2.94. The lowest BCUT2D eigenvalue weighted by atomic mass is 9.93. The van der Waals surface area contributed by atoms with Crippen molar-refractivity contribution in [1.82, 2.24) is 0 Å². The zero-order valence-corrected chi connectivity index (χ0v) is 17.2. The molecule has 1 N–H and O–H groups in total. The van der Waals surface area contributed by atoms with E-state index in [1.807, 2.05) is 13.8 Å². The maximum absolute atomic E-state index is 12.2. The van der Waals surface area contributed by atoms with Gasteiger partial charge >= 0.3 is 11.6 Å². The van der Waals surface area contributed by atoms with Gasteiger partial charge in [0, 0.05) is 30.5 Å². The van der Waals surface area contributed by atoms with Gasteiger partial charge in [-0.3, -0.25) is 4.79 Å². The summed E-state index contributed by atoms with van der Waals surface area (Å²) in [6.07, 6.45) is -0.527. The highest BCUT2D eigenvalue weighted by atomic mass is 16.6. The molecule has 0 saturated heterocycles. The van der Waals surface area contributed by atoms with Crippen LogP contribution in [0.4, 0.5) is 0 Å². The Hall–Kier alpha value is -2.54. The fourth-order valence-corrected chi connectivity index (χ4v) is 2.94. The summed E-state index contributed by atoms with van der Waals surface area (Å²) in [5.41, 5.74) is -1.06. The van der Waals surface area contributed by atoms with Gasteiger partial charge in [0.05, 0.1) is 25.2 Å². The Morgan fingerprint density at radius 2 is 1.82 bits per heavy atom. The van der Waals surface area contributed by atoms with Crippen LogP contribution in [0.25, 0.3) is 11.0 Å². The van der Waals surface area contributed by atoms with E-state index >= 15 is 0 Å². The third-order valence-corrected chi connectivity index (χ3v) is 4.40. The smallest absolute Gasteiger partial charge is 0.336 e. The van der Waals surface area contributed by atoms with Gasteiger partial charge < -0.3 is 23.7 Å². The number of carbonyl (C=O) groups excluding carboxylic acids is 1. The molecule has 1 heterocycles. The topological polar surface area (TPSA) is 95.2 Å². The number of rotatable bonds is 8. The van der Waals surface area contributed by atoms with Crippen LogP contribution in [0.15, 0.2) is 27.4 Å². The molecule has 1 aromatic heterocycles. The standard InChI is InChI=1S/C21H28O7/c1-12(2)9-19(23)27-17(21(3,4)24)10-14-16(26-6)11-15(25-5)13-7-8-18(22)28-20(13)14/h7-8,11-12,17,24H,9-10H2,1-6H3. The van der Waals surface area contributed by atoms with Crippen molar-refractivity contribution in [3.8, 4) is 11.5 Å². The first-order valence-corrected chi connectivity index (χ1v) is 9.16. The molecular weight excluding hydrogens is 364 g/mol. The van der Waals surface area contributed by atoms with E-state index in [-0.39, 0.29) is 24.3 Å². The average molecular weight is 392 g/mol. The Morgan fingerprint density at radius 3 is 2.36 bits per heavy atom. The number of ether oxygens (including phenoxy) is 3. The van der Waals surface area contributed by atoms with Gasteiger partial charge in [0.15, 0.2) is 0 Å². The minimum atomic E-state index is -1.32. The van der Waals surface area contributed by atoms with E-state index in [0.717, 1.165) is 0 Å². The van der Waals surface area contributed by atoms with Gasteiger partial charge in [0.1, 0.15) is 23.2 Å². The molecule has 0 saturated carbocycles. The molecule has 154 valence electrons. The van der Waals surface area contributed by atoms with Crippen molar-refractivity contribution in [2.75, 3.05) is 14.2 Å². The van der Waals surface area contributed by atoms with Crippen LogP contribution in [-0.4, -0.2) is 37.0 Å². The molecule has 0 fully saturated rings. The highest BCUT2D eigenvalue weighted by Gasteiger charge is 2.33. The lowest BCUT2D eigenvalue weighted by molar-refractivity contribution is -0.162. The number of benzene rings is 1. The Labute approximate surface area is 164 Å². The van der Waals surface area contributed by atoms with Crippen molar-refractivity contribution in [3.05, 3.63) is 34.2 Å². The molecule has 0 amide bonds. The Bertz CT molecular complexity index is 890. The number of fused-ring (bicyclic) bond motifs is 1. The summed E-state index contributed by atoms with van der Waals surface area (Å²) in [5, 5.41) is 11.2. The minimum absolute atomic E-state index is 0.101. The molecule has 2 rings (SSSR count). The number of hydrogen-bond acceptors (Lipinski definition) is 7. The van der Waals surface area contributed by atoms with Gasteiger partial charge in [-0.05, 0) is 25.8 Å². The number of esters is 1. The SMILES string of the molecule is COc1cc(OC)c2ccc(=O)oc2c1CC(OC(=O)CC(C)C)C(C)(C)O. The predicted octanol–water partition coefficient (Wildman–Crippen LogP) is 3.08. The van der Waals surface area contributed by atoms with Gasteiger partial charge in [-0.25, -0.2) is 4.79 Å². The van der Waals surface area contributed by atoms with Gasteiger partial charge in [0.2, 0.25) is 0 Å². The van der Waals surface area contributed by atoms with Crippen molar-refractivity contribution in [3.63, 3.8) is 0 Å². The van der Waals surface area contributed by atoms with Crippen LogP contribution in [0.5, 0.6) is 11.5 Å². The monoisotopic (exact) mass is 392 g/mol. The van der Waals surface area contributed by atoms with E-state index in [2.05, 4.69) is 0 Å². The zero-order chi connectivity index (χ0) is 21.1. The van der Waals surface area contributed by atoms with Crippen molar-refractivity contribution in [2.24, 2.45) is 5.92 Å². The molecular formula is C21H28O7. The van der Waals surface area contributed by atoms with Gasteiger partial charge in [-0.2, -0.15) is 0 Å². The van der Waals surface area contributed by atoms with E-state index in [4.69, 9.17) is 18.6 Å². The molecule has 0 aliphatic carbocycles. The van der Waals surface area contributed by atoms with Crippen molar-refractivity contribution >= 4 is 16.9 Å². The van der Waals surface area contributed by atoms with Crippen LogP contribution in [-0.2, 0) is 16.0 Å². The predicted molar refractivity (Wildman–Crippen MR) is 105 cm³/mol. The summed E-state index contributed by atoms with van der Waals surface area (Å²) < 4.78 is 21.8. The fraction of sp³-hybridized carbons (Fsp3) is 0.524. The van der Waals surface area contributed by atoms with Crippen molar-refractivity contribution in [2.45, 2.75) is 52.2 Å². The molecule has 7 nitrogen and oxygen atoms in total. The van der Waals surface area contributed by atoms with Crippen LogP contribution in [0, 0.1) is 5.92 Å². The van der Waals surface area contributed by atoms with Crippen molar-refractivity contribution in [1.29, 1.82) is 0 Å². The molecule has 28 heavy (non-hydrogen) atoms. The Kier molecular flexibility index (Phi) is 6.72. The average Bonchev–Trinajstić information content (AvgIpc) is 2.59. The van der Waals surface area contributed by atoms with E-state index in [9.17, 15) is 14.7 Å². The summed E-state index contributed by atoms with van der Waals surface area (Å²) in [7, 11) is 2.99. The number of methoxy groups -OCH3 is 2. The lowest BCUT2D eigenvalue weighted by Gasteiger charge is -2.30. The minimum Gasteiger partial charge on any atom is -0.496 e. The maximum Gasteiger partial charge on any atom is 0.336 e. The van der Waals surface area contributed by atoms with Gasteiger partial charge in [-0.15, -0.1) is 0 Å². The normalized spacial score (nSPS) is 12.9. The second-order valence-corrected chi connectivity index (χ2v) is 7.69.